The summed E-state index contributed by atoms with van der Waals surface area (Å²) in [7, 11) is 0. The number of ether oxygens (including phenoxy) is 4. The molecule has 7 heteroatoms. The highest BCUT2D eigenvalue weighted by Gasteiger charge is 2.50. The minimum atomic E-state index is -1.15. The number of aliphatic hydroxyl groups excluding tert-OH is 1. The lowest BCUT2D eigenvalue weighted by Crippen LogP contribution is -2.43. The van der Waals surface area contributed by atoms with Crippen molar-refractivity contribution in [2.75, 3.05) is 0 Å². The fourth-order valence-electron chi connectivity index (χ4n) is 4.49. The third-order valence-electron chi connectivity index (χ3n) is 6.06. The van der Waals surface area contributed by atoms with Gasteiger partial charge in [0, 0.05) is 18.6 Å². The van der Waals surface area contributed by atoms with Gasteiger partial charge in [0.15, 0.2) is 6.10 Å². The van der Waals surface area contributed by atoms with E-state index < -0.39 is 54.7 Å². The third kappa shape index (κ3) is 4.48. The number of carbonyl (C=O) groups is 2. The monoisotopic (exact) mass is 448 g/mol. The summed E-state index contributed by atoms with van der Waals surface area (Å²) in [5.41, 5.74) is 1.58. The Kier molecular flexibility index (Phi) is 6.09. The van der Waals surface area contributed by atoms with Crippen molar-refractivity contribution >= 4 is 11.9 Å². The number of benzene rings is 2. The minimum absolute atomic E-state index is 0.368. The number of hydrogen-bond donors (Lipinski definition) is 1. The van der Waals surface area contributed by atoms with E-state index in [9.17, 15) is 14.7 Å². The topological polar surface area (TPSA) is 91.3 Å². The van der Waals surface area contributed by atoms with Crippen molar-refractivity contribution in [1.29, 1.82) is 0 Å². The lowest BCUT2D eigenvalue weighted by Gasteiger charge is -2.34. The molecule has 1 saturated heterocycles. The van der Waals surface area contributed by atoms with Gasteiger partial charge in [-0.1, -0.05) is 66.7 Å². The van der Waals surface area contributed by atoms with Crippen LogP contribution in [0.2, 0.25) is 0 Å². The van der Waals surface area contributed by atoms with Crippen molar-refractivity contribution in [3.63, 3.8) is 0 Å². The maximum Gasteiger partial charge on any atom is 0.330 e. The van der Waals surface area contributed by atoms with E-state index >= 15 is 0 Å². The van der Waals surface area contributed by atoms with Crippen molar-refractivity contribution in [2.24, 2.45) is 0 Å². The lowest BCUT2D eigenvalue weighted by atomic mass is 9.95. The second-order valence-electron chi connectivity index (χ2n) is 8.23. The zero-order chi connectivity index (χ0) is 22.8. The van der Waals surface area contributed by atoms with E-state index in [2.05, 4.69) is 0 Å². The molecule has 3 heterocycles. The molecule has 0 bridgehead atoms. The van der Waals surface area contributed by atoms with E-state index in [0.29, 0.717) is 12.0 Å². The van der Waals surface area contributed by atoms with Gasteiger partial charge in [0.1, 0.15) is 36.6 Å². The normalized spacial score (nSPS) is 30.3. The summed E-state index contributed by atoms with van der Waals surface area (Å²) in [5.74, 6) is -0.972. The molecule has 5 rings (SSSR count). The van der Waals surface area contributed by atoms with E-state index in [-0.39, 0.29) is 0 Å². The smallest absolute Gasteiger partial charge is 0.330 e. The molecule has 0 spiro atoms. The van der Waals surface area contributed by atoms with Crippen molar-refractivity contribution in [3.05, 3.63) is 96.1 Å². The SMILES string of the molecule is O=C1C=C[C@@H]2O[C@H](c3ccccc3)[C@@H](O[C@H](c3ccccc3)[C@@H](O)[C@H]3CC=CC(=O)O3)[C@@H]2O1. The Balaban J connectivity index is 1.49. The summed E-state index contributed by atoms with van der Waals surface area (Å²) >= 11 is 0. The molecule has 1 fully saturated rings. The Morgan fingerprint density at radius 1 is 0.909 bits per heavy atom. The van der Waals surface area contributed by atoms with Crippen LogP contribution in [0.3, 0.4) is 0 Å². The molecule has 7 nitrogen and oxygen atoms in total. The Morgan fingerprint density at radius 2 is 1.61 bits per heavy atom. The van der Waals surface area contributed by atoms with E-state index in [0.717, 1.165) is 5.56 Å². The first-order valence-electron chi connectivity index (χ1n) is 10.9. The van der Waals surface area contributed by atoms with Gasteiger partial charge in [0.2, 0.25) is 0 Å². The first kappa shape index (κ1) is 21.6. The average molecular weight is 448 g/mol. The van der Waals surface area contributed by atoms with Crippen LogP contribution in [0, 0.1) is 0 Å². The van der Waals surface area contributed by atoms with E-state index in [4.69, 9.17) is 18.9 Å². The second-order valence-corrected chi connectivity index (χ2v) is 8.23. The molecule has 0 aromatic heterocycles. The molecule has 3 aliphatic rings. The Bertz CT molecular complexity index is 1050. The standard InChI is InChI=1S/C26H24O7/c27-20-13-7-12-18(30-20)22(29)23(16-8-3-1-4-9-16)33-26-24(17-10-5-2-6-11-17)31-19-14-15-21(28)32-25(19)26/h1-11,13-15,18-19,22-26,29H,12H2/t18-,19+,22+,23-,24-,25-,26-/m1/s1. The second kappa shape index (κ2) is 9.31. The highest BCUT2D eigenvalue weighted by Crippen LogP contribution is 2.42. The third-order valence-corrected chi connectivity index (χ3v) is 6.06. The van der Waals surface area contributed by atoms with Gasteiger partial charge < -0.3 is 24.1 Å². The Labute approximate surface area is 191 Å². The van der Waals surface area contributed by atoms with Crippen molar-refractivity contribution in [3.8, 4) is 0 Å². The summed E-state index contributed by atoms with van der Waals surface area (Å²) in [6, 6.07) is 18.8. The lowest BCUT2D eigenvalue weighted by molar-refractivity contribution is -0.177. The molecular weight excluding hydrogens is 424 g/mol. The number of rotatable bonds is 6. The number of cyclic esters (lactones) is 1. The van der Waals surface area contributed by atoms with Crippen LogP contribution in [0.15, 0.2) is 85.0 Å². The van der Waals surface area contributed by atoms with Crippen LogP contribution in [0.4, 0.5) is 0 Å². The van der Waals surface area contributed by atoms with Gasteiger partial charge in [-0.25, -0.2) is 9.59 Å². The fraction of sp³-hybridized carbons (Fsp3) is 0.308. The van der Waals surface area contributed by atoms with E-state index in [1.54, 1.807) is 12.2 Å². The van der Waals surface area contributed by atoms with Gasteiger partial charge in [0.25, 0.3) is 0 Å². The molecule has 1 N–H and O–H groups in total. The predicted octanol–water partition coefficient (Wildman–Crippen LogP) is 2.97. The van der Waals surface area contributed by atoms with Crippen LogP contribution in [-0.4, -0.2) is 47.6 Å². The van der Waals surface area contributed by atoms with Gasteiger partial charge >= 0.3 is 11.9 Å². The quantitative estimate of drug-likeness (QED) is 0.680. The van der Waals surface area contributed by atoms with E-state index in [1.165, 1.54) is 12.2 Å². The summed E-state index contributed by atoms with van der Waals surface area (Å²) in [4.78, 5) is 23.8. The maximum absolute atomic E-state index is 12.0. The van der Waals surface area contributed by atoms with Crippen molar-refractivity contribution in [1.82, 2.24) is 0 Å². The molecule has 3 aliphatic heterocycles. The molecule has 0 saturated carbocycles. The molecule has 0 amide bonds. The predicted molar refractivity (Wildman–Crippen MR) is 117 cm³/mol. The summed E-state index contributed by atoms with van der Waals surface area (Å²) in [6.45, 7) is 0. The highest BCUT2D eigenvalue weighted by molar-refractivity contribution is 5.83. The fourth-order valence-corrected chi connectivity index (χ4v) is 4.49. The number of hydrogen-bond acceptors (Lipinski definition) is 7. The summed E-state index contributed by atoms with van der Waals surface area (Å²) in [5, 5.41) is 11.3. The molecule has 2 aromatic carbocycles. The number of carbonyl (C=O) groups excluding carboxylic acids is 2. The van der Waals surface area contributed by atoms with Gasteiger partial charge in [-0.2, -0.15) is 0 Å². The van der Waals surface area contributed by atoms with Crippen LogP contribution in [0.1, 0.15) is 29.8 Å². The molecule has 2 aromatic rings. The van der Waals surface area contributed by atoms with Gasteiger partial charge in [-0.3, -0.25) is 0 Å². The first-order chi connectivity index (χ1) is 16.1. The first-order valence-corrected chi connectivity index (χ1v) is 10.9. The summed E-state index contributed by atoms with van der Waals surface area (Å²) < 4.78 is 23.7. The van der Waals surface area contributed by atoms with Gasteiger partial charge in [-0.05, 0) is 17.2 Å². The molecular formula is C26H24O7. The molecule has 7 atom stereocenters. The van der Waals surface area contributed by atoms with Gasteiger partial charge in [-0.15, -0.1) is 0 Å². The highest BCUT2D eigenvalue weighted by atomic mass is 16.6. The van der Waals surface area contributed by atoms with Crippen LogP contribution in [0.25, 0.3) is 0 Å². The zero-order valence-corrected chi connectivity index (χ0v) is 17.7. The van der Waals surface area contributed by atoms with Crippen molar-refractivity contribution < 1.29 is 33.6 Å². The zero-order valence-electron chi connectivity index (χ0n) is 17.7. The molecule has 0 radical (unpaired) electrons. The number of aliphatic hydroxyl groups is 1. The van der Waals surface area contributed by atoms with Crippen LogP contribution < -0.4 is 0 Å². The Morgan fingerprint density at radius 3 is 2.33 bits per heavy atom. The van der Waals surface area contributed by atoms with Crippen LogP contribution >= 0.6 is 0 Å². The number of esters is 2. The number of fused-ring (bicyclic) bond motifs is 1. The van der Waals surface area contributed by atoms with Crippen LogP contribution in [0.5, 0.6) is 0 Å². The minimum Gasteiger partial charge on any atom is -0.456 e. The molecule has 170 valence electrons. The summed E-state index contributed by atoms with van der Waals surface area (Å²) in [6.07, 6.45) is 1.28. The Hall–Kier alpha value is -3.26. The molecule has 33 heavy (non-hydrogen) atoms. The maximum atomic E-state index is 12.0. The van der Waals surface area contributed by atoms with Crippen molar-refractivity contribution in [2.45, 2.75) is 49.1 Å². The van der Waals surface area contributed by atoms with Crippen LogP contribution in [-0.2, 0) is 28.5 Å². The average Bonchev–Trinajstić information content (AvgIpc) is 3.20. The van der Waals surface area contributed by atoms with E-state index in [1.807, 2.05) is 60.7 Å². The van der Waals surface area contributed by atoms with Gasteiger partial charge in [0.05, 0.1) is 0 Å². The largest absolute Gasteiger partial charge is 0.456 e. The molecule has 0 unspecified atom stereocenters. The molecule has 0 aliphatic carbocycles.